The van der Waals surface area contributed by atoms with Crippen LogP contribution in [0.2, 0.25) is 0 Å². The van der Waals surface area contributed by atoms with Crippen molar-refractivity contribution in [3.8, 4) is 11.8 Å². The zero-order valence-corrected chi connectivity index (χ0v) is 7.83. The Morgan fingerprint density at radius 2 is 2.29 bits per heavy atom. The Bertz CT molecular complexity index is 443. The highest BCUT2D eigenvalue weighted by Gasteiger charge is 2.19. The van der Waals surface area contributed by atoms with Gasteiger partial charge in [0.2, 0.25) is 0 Å². The van der Waals surface area contributed by atoms with E-state index in [0.717, 1.165) is 5.56 Å². The third kappa shape index (κ3) is 1.25. The van der Waals surface area contributed by atoms with Crippen LogP contribution in [-0.2, 0) is 0 Å². The molecule has 0 saturated heterocycles. The Labute approximate surface area is 81.9 Å². The van der Waals surface area contributed by atoms with E-state index in [1.165, 1.54) is 0 Å². The molecular formula is C11H9NO2. The van der Waals surface area contributed by atoms with Crippen LogP contribution in [-0.4, -0.2) is 12.4 Å². The number of ether oxygens (including phenoxy) is 1. The molecule has 14 heavy (non-hydrogen) atoms. The van der Waals surface area contributed by atoms with Crippen LogP contribution in [0.1, 0.15) is 27.9 Å². The lowest BCUT2D eigenvalue weighted by atomic mass is 9.99. The molecule has 3 nitrogen and oxygen atoms in total. The molecule has 70 valence electrons. The van der Waals surface area contributed by atoms with E-state index in [-0.39, 0.29) is 5.78 Å². The number of rotatable bonds is 0. The van der Waals surface area contributed by atoms with E-state index in [2.05, 4.69) is 6.07 Å². The molecule has 1 heterocycles. The second kappa shape index (κ2) is 3.15. The highest BCUT2D eigenvalue weighted by molar-refractivity contribution is 6.00. The normalized spacial score (nSPS) is 14.1. The first-order chi connectivity index (χ1) is 6.72. The van der Waals surface area contributed by atoms with E-state index < -0.39 is 0 Å². The molecule has 0 spiro atoms. The summed E-state index contributed by atoms with van der Waals surface area (Å²) in [5.41, 5.74) is 2.00. The first-order valence-corrected chi connectivity index (χ1v) is 4.43. The van der Waals surface area contributed by atoms with Gasteiger partial charge in [0.05, 0.1) is 23.8 Å². The zero-order chi connectivity index (χ0) is 10.1. The van der Waals surface area contributed by atoms with Crippen LogP contribution < -0.4 is 4.74 Å². The molecule has 1 aliphatic rings. The summed E-state index contributed by atoms with van der Waals surface area (Å²) in [4.78, 5) is 11.5. The van der Waals surface area contributed by atoms with Crippen LogP contribution in [0.5, 0.6) is 5.75 Å². The lowest BCUT2D eigenvalue weighted by Gasteiger charge is -2.16. The van der Waals surface area contributed by atoms with Crippen LogP contribution in [0.3, 0.4) is 0 Å². The van der Waals surface area contributed by atoms with Crippen molar-refractivity contribution in [3.05, 3.63) is 28.8 Å². The van der Waals surface area contributed by atoms with E-state index in [4.69, 9.17) is 10.00 Å². The minimum atomic E-state index is 0.0961. The monoisotopic (exact) mass is 187 g/mol. The maximum Gasteiger partial charge on any atom is 0.170 e. The van der Waals surface area contributed by atoms with E-state index in [1.807, 2.05) is 6.92 Å². The molecule has 0 aliphatic carbocycles. The molecule has 1 aliphatic heterocycles. The first-order valence-electron chi connectivity index (χ1n) is 4.43. The summed E-state index contributed by atoms with van der Waals surface area (Å²) < 4.78 is 5.32. The van der Waals surface area contributed by atoms with Gasteiger partial charge in [-0.05, 0) is 24.6 Å². The average Bonchev–Trinajstić information content (AvgIpc) is 2.19. The quantitative estimate of drug-likeness (QED) is 0.622. The summed E-state index contributed by atoms with van der Waals surface area (Å²) in [5.74, 6) is 0.641. The van der Waals surface area contributed by atoms with Gasteiger partial charge in [-0.2, -0.15) is 5.26 Å². The molecule has 0 radical (unpaired) electrons. The number of Topliss-reactive ketones (excluding diaryl/α,β-unsaturated/α-hetero) is 1. The molecule has 1 aromatic carbocycles. The molecular weight excluding hydrogens is 178 g/mol. The van der Waals surface area contributed by atoms with Gasteiger partial charge in [-0.25, -0.2) is 0 Å². The van der Waals surface area contributed by atoms with Gasteiger partial charge in [0.15, 0.2) is 5.78 Å². The van der Waals surface area contributed by atoms with Crippen molar-refractivity contribution < 1.29 is 9.53 Å². The van der Waals surface area contributed by atoms with Crippen LogP contribution in [0.25, 0.3) is 0 Å². The standard InChI is InChI=1S/C11H9NO2/c1-7-4-9-10(13)2-3-14-11(9)5-8(7)6-12/h4-5H,2-3H2,1H3. The third-order valence-corrected chi connectivity index (χ3v) is 2.33. The highest BCUT2D eigenvalue weighted by atomic mass is 16.5. The lowest BCUT2D eigenvalue weighted by Crippen LogP contribution is -2.15. The Morgan fingerprint density at radius 3 is 3.00 bits per heavy atom. The van der Waals surface area contributed by atoms with Gasteiger partial charge in [0.1, 0.15) is 5.75 Å². The van der Waals surface area contributed by atoms with Gasteiger partial charge in [0, 0.05) is 6.42 Å². The number of nitrogens with zero attached hydrogens (tertiary/aromatic N) is 1. The SMILES string of the molecule is Cc1cc2c(cc1C#N)OCCC2=O. The molecule has 0 atom stereocenters. The van der Waals surface area contributed by atoms with Crippen molar-refractivity contribution in [2.75, 3.05) is 6.61 Å². The summed E-state index contributed by atoms with van der Waals surface area (Å²) in [5, 5.41) is 8.80. The minimum absolute atomic E-state index is 0.0961. The number of carbonyl (C=O) groups excluding carboxylic acids is 1. The highest BCUT2D eigenvalue weighted by Crippen LogP contribution is 2.27. The van der Waals surface area contributed by atoms with Crippen molar-refractivity contribution in [2.45, 2.75) is 13.3 Å². The van der Waals surface area contributed by atoms with Gasteiger partial charge in [-0.15, -0.1) is 0 Å². The predicted molar refractivity (Wildman–Crippen MR) is 50.3 cm³/mol. The zero-order valence-electron chi connectivity index (χ0n) is 7.83. The number of fused-ring (bicyclic) bond motifs is 1. The van der Waals surface area contributed by atoms with Crippen molar-refractivity contribution in [1.82, 2.24) is 0 Å². The minimum Gasteiger partial charge on any atom is -0.492 e. The molecule has 0 amide bonds. The Kier molecular flexibility index (Phi) is 1.97. The van der Waals surface area contributed by atoms with Crippen LogP contribution in [0.4, 0.5) is 0 Å². The summed E-state index contributed by atoms with van der Waals surface area (Å²) in [6.45, 7) is 2.24. The Balaban J connectivity index is 2.61. The second-order valence-corrected chi connectivity index (χ2v) is 3.30. The molecule has 0 fully saturated rings. The molecule has 0 aromatic heterocycles. The first kappa shape index (κ1) is 8.76. The molecule has 1 aromatic rings. The number of ketones is 1. The van der Waals surface area contributed by atoms with Crippen LogP contribution in [0.15, 0.2) is 12.1 Å². The summed E-state index contributed by atoms with van der Waals surface area (Å²) in [6, 6.07) is 5.44. The maximum absolute atomic E-state index is 11.5. The summed E-state index contributed by atoms with van der Waals surface area (Å²) >= 11 is 0. The molecule has 0 saturated carbocycles. The number of aryl methyl sites for hydroxylation is 1. The molecule has 0 unspecified atom stereocenters. The number of hydrogen-bond donors (Lipinski definition) is 0. The maximum atomic E-state index is 11.5. The third-order valence-electron chi connectivity index (χ3n) is 2.33. The molecule has 3 heteroatoms. The summed E-state index contributed by atoms with van der Waals surface area (Å²) in [6.07, 6.45) is 0.429. The molecule has 0 bridgehead atoms. The van der Waals surface area contributed by atoms with E-state index >= 15 is 0 Å². The Hall–Kier alpha value is -1.82. The number of hydrogen-bond acceptors (Lipinski definition) is 3. The van der Waals surface area contributed by atoms with Crippen molar-refractivity contribution in [1.29, 1.82) is 5.26 Å². The van der Waals surface area contributed by atoms with Crippen molar-refractivity contribution in [3.63, 3.8) is 0 Å². The van der Waals surface area contributed by atoms with Gasteiger partial charge >= 0.3 is 0 Å². The van der Waals surface area contributed by atoms with E-state index in [9.17, 15) is 4.79 Å². The lowest BCUT2D eigenvalue weighted by molar-refractivity contribution is 0.0933. The fraction of sp³-hybridized carbons (Fsp3) is 0.273. The number of carbonyl (C=O) groups is 1. The van der Waals surface area contributed by atoms with Crippen LogP contribution in [0, 0.1) is 18.3 Å². The predicted octanol–water partition coefficient (Wildman–Crippen LogP) is 1.83. The van der Waals surface area contributed by atoms with E-state index in [1.54, 1.807) is 12.1 Å². The smallest absolute Gasteiger partial charge is 0.170 e. The van der Waals surface area contributed by atoms with Crippen molar-refractivity contribution in [2.24, 2.45) is 0 Å². The second-order valence-electron chi connectivity index (χ2n) is 3.30. The topological polar surface area (TPSA) is 50.1 Å². The Morgan fingerprint density at radius 1 is 1.50 bits per heavy atom. The fourth-order valence-electron chi connectivity index (χ4n) is 1.53. The van der Waals surface area contributed by atoms with Crippen LogP contribution >= 0.6 is 0 Å². The van der Waals surface area contributed by atoms with Gasteiger partial charge in [-0.1, -0.05) is 0 Å². The number of nitriles is 1. The summed E-state index contributed by atoms with van der Waals surface area (Å²) in [7, 11) is 0. The fourth-order valence-corrected chi connectivity index (χ4v) is 1.53. The van der Waals surface area contributed by atoms with Gasteiger partial charge < -0.3 is 4.74 Å². The largest absolute Gasteiger partial charge is 0.492 e. The number of benzene rings is 1. The molecule has 2 rings (SSSR count). The van der Waals surface area contributed by atoms with Gasteiger partial charge in [-0.3, -0.25) is 4.79 Å². The van der Waals surface area contributed by atoms with Gasteiger partial charge in [0.25, 0.3) is 0 Å². The molecule has 0 N–H and O–H groups in total. The van der Waals surface area contributed by atoms with Crippen molar-refractivity contribution >= 4 is 5.78 Å². The van der Waals surface area contributed by atoms with E-state index in [0.29, 0.717) is 29.9 Å². The average molecular weight is 187 g/mol.